The molecule has 36 heavy (non-hydrogen) atoms. The topological polar surface area (TPSA) is 191 Å². The van der Waals surface area contributed by atoms with Crippen LogP contribution in [0.5, 0.6) is 11.5 Å². The van der Waals surface area contributed by atoms with E-state index in [9.17, 15) is 28.8 Å². The van der Waals surface area contributed by atoms with E-state index >= 15 is 0 Å². The normalized spacial score (nSPS) is 15.5. The smallest absolute Gasteiger partial charge is 0.347 e. The predicted molar refractivity (Wildman–Crippen MR) is 125 cm³/mol. The maximum atomic E-state index is 12.2. The van der Waals surface area contributed by atoms with E-state index in [2.05, 4.69) is 9.47 Å². The molecule has 2 heterocycles. The van der Waals surface area contributed by atoms with Crippen molar-refractivity contribution in [3.63, 3.8) is 0 Å². The first-order chi connectivity index (χ1) is 17.1. The molecule has 2 aliphatic rings. The molecule has 2 atom stereocenters. The Morgan fingerprint density at radius 2 is 1.03 bits per heavy atom. The van der Waals surface area contributed by atoms with Crippen LogP contribution in [0.3, 0.4) is 0 Å². The molecule has 0 radical (unpaired) electrons. The molecular weight excluding hydrogens is 516 g/mol. The number of hydrogen-bond acceptors (Lipinski definition) is 14. The van der Waals surface area contributed by atoms with Crippen LogP contribution in [0.2, 0.25) is 0 Å². The third-order valence-electron chi connectivity index (χ3n) is 4.85. The van der Waals surface area contributed by atoms with E-state index < -0.39 is 47.9 Å². The van der Waals surface area contributed by atoms with Crippen molar-refractivity contribution in [2.75, 3.05) is 11.5 Å². The number of rotatable bonds is 9. The maximum Gasteiger partial charge on any atom is 0.347 e. The SMILES string of the molecule is N[C@@H](CSSC[C@H](N)C(=O)Oc1ccc2c(c1)C(=O)OC2=O)C(=O)Oc1ccc2c(c1)C(=O)OC2=O. The average Bonchev–Trinajstić information content (AvgIpc) is 3.29. The molecule has 2 aromatic carbocycles. The summed E-state index contributed by atoms with van der Waals surface area (Å²) in [6, 6.07) is 5.71. The van der Waals surface area contributed by atoms with Crippen molar-refractivity contribution in [1.82, 2.24) is 0 Å². The number of ether oxygens (including phenoxy) is 4. The van der Waals surface area contributed by atoms with Gasteiger partial charge in [-0.15, -0.1) is 0 Å². The minimum absolute atomic E-state index is 0.00187. The number of cyclic esters (lactones) is 4. The lowest BCUT2D eigenvalue weighted by molar-refractivity contribution is -0.136. The summed E-state index contributed by atoms with van der Waals surface area (Å²) in [5.74, 6) is -4.41. The highest BCUT2D eigenvalue weighted by Gasteiger charge is 2.31. The Morgan fingerprint density at radius 1 is 0.667 bits per heavy atom. The third-order valence-corrected chi connectivity index (χ3v) is 7.33. The summed E-state index contributed by atoms with van der Waals surface area (Å²) in [5, 5.41) is 0. The molecule has 0 bridgehead atoms. The van der Waals surface area contributed by atoms with E-state index in [0.29, 0.717) is 0 Å². The monoisotopic (exact) mass is 532 g/mol. The lowest BCUT2D eigenvalue weighted by Crippen LogP contribution is -2.37. The highest BCUT2D eigenvalue weighted by molar-refractivity contribution is 8.76. The van der Waals surface area contributed by atoms with Gasteiger partial charge in [0.1, 0.15) is 23.6 Å². The fraction of sp³-hybridized carbons (Fsp3) is 0.182. The zero-order chi connectivity index (χ0) is 26.0. The standard InChI is InChI=1S/C22H16N2O10S2/c23-15(21(29)31-9-1-3-11-13(5-9)19(27)33-17(11)25)7-35-36-8-16(24)22(30)32-10-2-4-12-14(6-10)20(28)34-18(12)26/h1-6,15-16H,7-8,23-24H2/t15-,16-/m0/s1. The Kier molecular flexibility index (Phi) is 7.40. The van der Waals surface area contributed by atoms with Gasteiger partial charge in [-0.25, -0.2) is 28.8 Å². The number of benzene rings is 2. The van der Waals surface area contributed by atoms with E-state index in [1.54, 1.807) is 0 Å². The van der Waals surface area contributed by atoms with Gasteiger partial charge in [0.15, 0.2) is 0 Å². The van der Waals surface area contributed by atoms with Gasteiger partial charge in [-0.3, -0.25) is 0 Å². The second-order valence-corrected chi connectivity index (χ2v) is 9.95. The lowest BCUT2D eigenvalue weighted by atomic mass is 10.1. The van der Waals surface area contributed by atoms with Gasteiger partial charge < -0.3 is 30.4 Å². The first-order valence-corrected chi connectivity index (χ1v) is 12.6. The molecule has 2 aliphatic heterocycles. The number of hydrogen-bond donors (Lipinski definition) is 2. The van der Waals surface area contributed by atoms with Gasteiger partial charge in [0.05, 0.1) is 22.3 Å². The van der Waals surface area contributed by atoms with Crippen LogP contribution in [0.4, 0.5) is 0 Å². The van der Waals surface area contributed by atoms with Crippen LogP contribution in [0.25, 0.3) is 0 Å². The average molecular weight is 533 g/mol. The van der Waals surface area contributed by atoms with Gasteiger partial charge in [-0.05, 0) is 36.4 Å². The minimum Gasteiger partial charge on any atom is -0.425 e. The molecule has 0 unspecified atom stereocenters. The fourth-order valence-corrected chi connectivity index (χ4v) is 5.23. The van der Waals surface area contributed by atoms with Gasteiger partial charge in [-0.1, -0.05) is 21.6 Å². The number of nitrogens with two attached hydrogens (primary N) is 2. The van der Waals surface area contributed by atoms with Crippen molar-refractivity contribution in [3.8, 4) is 11.5 Å². The van der Waals surface area contributed by atoms with E-state index in [0.717, 1.165) is 0 Å². The van der Waals surface area contributed by atoms with Crippen molar-refractivity contribution in [3.05, 3.63) is 58.7 Å². The van der Waals surface area contributed by atoms with Gasteiger partial charge >= 0.3 is 35.8 Å². The maximum absolute atomic E-state index is 12.2. The van der Waals surface area contributed by atoms with Crippen molar-refractivity contribution in [2.24, 2.45) is 11.5 Å². The molecule has 186 valence electrons. The van der Waals surface area contributed by atoms with Crippen LogP contribution in [-0.2, 0) is 19.1 Å². The molecule has 14 heteroatoms. The first kappa shape index (κ1) is 25.4. The molecule has 4 N–H and O–H groups in total. The fourth-order valence-electron chi connectivity index (χ4n) is 3.02. The van der Waals surface area contributed by atoms with Crippen LogP contribution in [0.15, 0.2) is 36.4 Å². The molecule has 0 saturated heterocycles. The summed E-state index contributed by atoms with van der Waals surface area (Å²) in [7, 11) is 2.35. The Balaban J connectivity index is 1.20. The van der Waals surface area contributed by atoms with Crippen molar-refractivity contribution in [2.45, 2.75) is 12.1 Å². The van der Waals surface area contributed by atoms with Crippen molar-refractivity contribution >= 4 is 57.4 Å². The summed E-state index contributed by atoms with van der Waals surface area (Å²) >= 11 is 0. The molecule has 0 aromatic heterocycles. The summed E-state index contributed by atoms with van der Waals surface area (Å²) in [6.07, 6.45) is 0. The Bertz CT molecular complexity index is 1210. The van der Waals surface area contributed by atoms with Crippen LogP contribution < -0.4 is 20.9 Å². The second-order valence-electron chi connectivity index (χ2n) is 7.39. The molecular formula is C22H16N2O10S2. The van der Waals surface area contributed by atoms with Gasteiger partial charge in [0.25, 0.3) is 0 Å². The summed E-state index contributed by atoms with van der Waals surface area (Å²) in [4.78, 5) is 70.6. The summed E-state index contributed by atoms with van der Waals surface area (Å²) in [5.41, 5.74) is 11.8. The number of carbonyl (C=O) groups excluding carboxylic acids is 6. The second kappa shape index (κ2) is 10.5. The molecule has 0 aliphatic carbocycles. The zero-order valence-electron chi connectivity index (χ0n) is 18.1. The van der Waals surface area contributed by atoms with E-state index in [4.69, 9.17) is 20.9 Å². The number of fused-ring (bicyclic) bond motifs is 2. The Hall–Kier alpha value is -3.72. The Morgan fingerprint density at radius 3 is 1.42 bits per heavy atom. The van der Waals surface area contributed by atoms with Gasteiger partial charge in [-0.2, -0.15) is 0 Å². The molecule has 4 rings (SSSR count). The highest BCUT2D eigenvalue weighted by Crippen LogP contribution is 2.27. The minimum atomic E-state index is -1.03. The number of esters is 6. The molecule has 2 aromatic rings. The van der Waals surface area contributed by atoms with Crippen molar-refractivity contribution < 1.29 is 47.7 Å². The van der Waals surface area contributed by atoms with E-state index in [1.165, 1.54) is 58.0 Å². The molecule has 0 fully saturated rings. The van der Waals surface area contributed by atoms with Gasteiger partial charge in [0, 0.05) is 11.5 Å². The van der Waals surface area contributed by atoms with Crippen LogP contribution in [0, 0.1) is 0 Å². The molecule has 12 nitrogen and oxygen atoms in total. The van der Waals surface area contributed by atoms with Crippen LogP contribution in [0.1, 0.15) is 41.4 Å². The Labute approximate surface area is 210 Å². The molecule has 0 amide bonds. The zero-order valence-corrected chi connectivity index (χ0v) is 19.7. The quantitative estimate of drug-likeness (QED) is 0.152. The van der Waals surface area contributed by atoms with Gasteiger partial charge in [0.2, 0.25) is 0 Å². The largest absolute Gasteiger partial charge is 0.425 e. The predicted octanol–water partition coefficient (Wildman–Crippen LogP) is 0.855. The highest BCUT2D eigenvalue weighted by atomic mass is 33.1. The van der Waals surface area contributed by atoms with Crippen LogP contribution >= 0.6 is 21.6 Å². The van der Waals surface area contributed by atoms with E-state index in [1.807, 2.05) is 0 Å². The number of carbonyl (C=O) groups is 6. The van der Waals surface area contributed by atoms with Crippen LogP contribution in [-0.4, -0.2) is 59.4 Å². The third kappa shape index (κ3) is 5.41. The summed E-state index contributed by atoms with van der Waals surface area (Å²) < 4.78 is 19.3. The molecule has 0 spiro atoms. The van der Waals surface area contributed by atoms with E-state index in [-0.39, 0.29) is 45.3 Å². The molecule has 0 saturated carbocycles. The summed E-state index contributed by atoms with van der Waals surface area (Å²) in [6.45, 7) is 0. The first-order valence-electron chi connectivity index (χ1n) is 10.1. The van der Waals surface area contributed by atoms with Crippen molar-refractivity contribution in [1.29, 1.82) is 0 Å². The lowest BCUT2D eigenvalue weighted by Gasteiger charge is -2.13.